The van der Waals surface area contributed by atoms with Crippen LogP contribution in [-0.2, 0) is 0 Å². The zero-order valence-electron chi connectivity index (χ0n) is 10.8. The van der Waals surface area contributed by atoms with E-state index in [1.807, 2.05) is 6.07 Å². The van der Waals surface area contributed by atoms with Gasteiger partial charge in [0, 0.05) is 46.7 Å². The molecular formula is C15H10FN5. The van der Waals surface area contributed by atoms with E-state index in [4.69, 9.17) is 5.73 Å². The summed E-state index contributed by atoms with van der Waals surface area (Å²) in [4.78, 5) is 15.4. The smallest absolute Gasteiger partial charge is 0.220 e. The largest absolute Gasteiger partial charge is 0.368 e. The molecular weight excluding hydrogens is 269 g/mol. The van der Waals surface area contributed by atoms with Gasteiger partial charge in [0.1, 0.15) is 5.82 Å². The normalized spacial score (nSPS) is 11.3. The van der Waals surface area contributed by atoms with Crippen molar-refractivity contribution in [3.63, 3.8) is 0 Å². The minimum absolute atomic E-state index is 0.195. The monoisotopic (exact) mass is 279 g/mol. The van der Waals surface area contributed by atoms with E-state index in [9.17, 15) is 4.39 Å². The third-order valence-electron chi connectivity index (χ3n) is 3.46. The van der Waals surface area contributed by atoms with Crippen molar-refractivity contribution in [1.82, 2.24) is 19.9 Å². The van der Waals surface area contributed by atoms with Gasteiger partial charge < -0.3 is 10.7 Å². The number of nitrogens with one attached hydrogen (secondary N) is 1. The van der Waals surface area contributed by atoms with E-state index in [2.05, 4.69) is 19.9 Å². The number of nitrogen functional groups attached to an aromatic ring is 1. The van der Waals surface area contributed by atoms with Crippen LogP contribution in [0.2, 0.25) is 0 Å². The summed E-state index contributed by atoms with van der Waals surface area (Å²) < 4.78 is 13.8. The zero-order chi connectivity index (χ0) is 14.4. The molecule has 0 aliphatic heterocycles. The number of benzene rings is 1. The lowest BCUT2D eigenvalue weighted by molar-refractivity contribution is 0.637. The second-order valence-corrected chi connectivity index (χ2v) is 4.72. The maximum absolute atomic E-state index is 13.8. The van der Waals surface area contributed by atoms with Crippen molar-refractivity contribution in [2.24, 2.45) is 0 Å². The van der Waals surface area contributed by atoms with E-state index in [0.717, 1.165) is 21.9 Å². The minimum atomic E-state index is -0.291. The van der Waals surface area contributed by atoms with Gasteiger partial charge in [0.25, 0.3) is 0 Å². The molecule has 0 atom stereocenters. The fourth-order valence-corrected chi connectivity index (χ4v) is 2.51. The number of rotatable bonds is 1. The number of fused-ring (bicyclic) bond motifs is 2. The number of aromatic nitrogens is 4. The van der Waals surface area contributed by atoms with Gasteiger partial charge in [-0.3, -0.25) is 4.98 Å². The number of halogens is 1. The van der Waals surface area contributed by atoms with Crippen LogP contribution < -0.4 is 5.73 Å². The molecule has 5 nitrogen and oxygen atoms in total. The first-order valence-electron chi connectivity index (χ1n) is 6.36. The molecule has 4 aromatic rings. The number of aromatic amines is 1. The number of nitrogens with zero attached hydrogens (tertiary/aromatic N) is 3. The molecule has 6 heteroatoms. The second-order valence-electron chi connectivity index (χ2n) is 4.72. The minimum Gasteiger partial charge on any atom is -0.368 e. The highest BCUT2D eigenvalue weighted by Gasteiger charge is 2.13. The van der Waals surface area contributed by atoms with Gasteiger partial charge in [0.2, 0.25) is 5.95 Å². The number of para-hydroxylation sites is 1. The zero-order valence-corrected chi connectivity index (χ0v) is 10.8. The van der Waals surface area contributed by atoms with Crippen molar-refractivity contribution in [2.45, 2.75) is 0 Å². The van der Waals surface area contributed by atoms with Crippen molar-refractivity contribution < 1.29 is 4.39 Å². The molecule has 21 heavy (non-hydrogen) atoms. The van der Waals surface area contributed by atoms with Gasteiger partial charge in [-0.25, -0.2) is 14.4 Å². The van der Waals surface area contributed by atoms with Gasteiger partial charge in [-0.2, -0.15) is 0 Å². The van der Waals surface area contributed by atoms with E-state index in [1.54, 1.807) is 30.9 Å². The molecule has 0 radical (unpaired) electrons. The van der Waals surface area contributed by atoms with Crippen LogP contribution in [0, 0.1) is 5.82 Å². The standard InChI is InChI=1S/C15H10FN5/c16-12-3-1-2-9-10(7-19-14(9)12)11-6-18-4-8-5-20-15(17)21-13(8)11/h1-7,19H,(H2,17,20,21). The number of pyridine rings is 1. The Balaban J connectivity index is 2.09. The highest BCUT2D eigenvalue weighted by atomic mass is 19.1. The Morgan fingerprint density at radius 2 is 2.00 bits per heavy atom. The van der Waals surface area contributed by atoms with Crippen LogP contribution in [0.4, 0.5) is 10.3 Å². The van der Waals surface area contributed by atoms with Crippen LogP contribution in [0.5, 0.6) is 0 Å². The highest BCUT2D eigenvalue weighted by Crippen LogP contribution is 2.33. The lowest BCUT2D eigenvalue weighted by Crippen LogP contribution is -1.96. The van der Waals surface area contributed by atoms with E-state index in [1.165, 1.54) is 6.07 Å². The summed E-state index contributed by atoms with van der Waals surface area (Å²) in [6.07, 6.45) is 6.75. The number of hydrogen-bond acceptors (Lipinski definition) is 4. The second kappa shape index (κ2) is 4.24. The molecule has 0 fully saturated rings. The summed E-state index contributed by atoms with van der Waals surface area (Å²) in [7, 11) is 0. The third kappa shape index (κ3) is 1.73. The lowest BCUT2D eigenvalue weighted by atomic mass is 10.0. The number of H-pyrrole nitrogens is 1. The van der Waals surface area contributed by atoms with E-state index < -0.39 is 0 Å². The van der Waals surface area contributed by atoms with Crippen LogP contribution in [-0.4, -0.2) is 19.9 Å². The van der Waals surface area contributed by atoms with Gasteiger partial charge >= 0.3 is 0 Å². The van der Waals surface area contributed by atoms with Crippen LogP contribution in [0.1, 0.15) is 0 Å². The van der Waals surface area contributed by atoms with Crippen molar-refractivity contribution >= 4 is 27.8 Å². The number of hydrogen-bond donors (Lipinski definition) is 2. The molecule has 0 aliphatic carbocycles. The van der Waals surface area contributed by atoms with Crippen LogP contribution in [0.3, 0.4) is 0 Å². The van der Waals surface area contributed by atoms with Crippen LogP contribution >= 0.6 is 0 Å². The fraction of sp³-hybridized carbons (Fsp3) is 0. The van der Waals surface area contributed by atoms with Crippen molar-refractivity contribution in [2.75, 3.05) is 5.73 Å². The summed E-state index contributed by atoms with van der Waals surface area (Å²) in [5.41, 5.74) is 8.46. The van der Waals surface area contributed by atoms with Crippen molar-refractivity contribution in [3.8, 4) is 11.1 Å². The SMILES string of the molecule is Nc1ncc2cncc(-c3c[nH]c4c(F)cccc34)c2n1. The molecule has 0 amide bonds. The highest BCUT2D eigenvalue weighted by molar-refractivity contribution is 6.03. The fourth-order valence-electron chi connectivity index (χ4n) is 2.51. The van der Waals surface area contributed by atoms with Crippen molar-refractivity contribution in [1.29, 1.82) is 0 Å². The first kappa shape index (κ1) is 11.8. The molecule has 0 bridgehead atoms. The molecule has 3 N–H and O–H groups in total. The quantitative estimate of drug-likeness (QED) is 0.561. The van der Waals surface area contributed by atoms with E-state index in [0.29, 0.717) is 11.0 Å². The van der Waals surface area contributed by atoms with Crippen LogP contribution in [0.25, 0.3) is 32.9 Å². The Bertz CT molecular complexity index is 976. The average molecular weight is 279 g/mol. The maximum Gasteiger partial charge on any atom is 0.220 e. The predicted octanol–water partition coefficient (Wildman–Crippen LogP) is 2.89. The Morgan fingerprint density at radius 1 is 1.10 bits per heavy atom. The topological polar surface area (TPSA) is 80.5 Å². The molecule has 1 aromatic carbocycles. The van der Waals surface area contributed by atoms with Gasteiger partial charge in [-0.1, -0.05) is 12.1 Å². The molecule has 4 rings (SSSR count). The molecule has 0 saturated heterocycles. The Labute approximate surface area is 118 Å². The Kier molecular flexibility index (Phi) is 2.38. The van der Waals surface area contributed by atoms with Gasteiger partial charge in [0.05, 0.1) is 11.0 Å². The Hall–Kier alpha value is -3.02. The summed E-state index contributed by atoms with van der Waals surface area (Å²) in [5.74, 6) is -0.0953. The summed E-state index contributed by atoms with van der Waals surface area (Å²) in [5, 5.41) is 1.56. The average Bonchev–Trinajstić information content (AvgIpc) is 2.92. The molecule has 0 saturated carbocycles. The lowest BCUT2D eigenvalue weighted by Gasteiger charge is -2.04. The molecule has 0 unspecified atom stereocenters. The first-order chi connectivity index (χ1) is 10.2. The van der Waals surface area contributed by atoms with Gasteiger partial charge in [-0.15, -0.1) is 0 Å². The summed E-state index contributed by atoms with van der Waals surface area (Å²) >= 11 is 0. The maximum atomic E-state index is 13.8. The van der Waals surface area contributed by atoms with Gasteiger partial charge in [-0.05, 0) is 6.07 Å². The molecule has 3 heterocycles. The number of nitrogens with two attached hydrogens (primary N) is 1. The molecule has 0 aliphatic rings. The first-order valence-corrected chi connectivity index (χ1v) is 6.36. The van der Waals surface area contributed by atoms with Gasteiger partial charge in [0.15, 0.2) is 0 Å². The summed E-state index contributed by atoms with van der Waals surface area (Å²) in [6, 6.07) is 4.95. The molecule has 102 valence electrons. The van der Waals surface area contributed by atoms with E-state index in [-0.39, 0.29) is 11.8 Å². The summed E-state index contributed by atoms with van der Waals surface area (Å²) in [6.45, 7) is 0. The number of anilines is 1. The Morgan fingerprint density at radius 3 is 2.90 bits per heavy atom. The predicted molar refractivity (Wildman–Crippen MR) is 79.0 cm³/mol. The third-order valence-corrected chi connectivity index (χ3v) is 3.46. The van der Waals surface area contributed by atoms with Crippen molar-refractivity contribution in [3.05, 3.63) is 48.8 Å². The molecule has 3 aromatic heterocycles. The van der Waals surface area contributed by atoms with Crippen LogP contribution in [0.15, 0.2) is 43.0 Å². The van der Waals surface area contributed by atoms with E-state index >= 15 is 0 Å². The molecule has 0 spiro atoms.